The van der Waals surface area contributed by atoms with Crippen LogP contribution in [0.15, 0.2) is 40.4 Å². The first-order chi connectivity index (χ1) is 11.1. The van der Waals surface area contributed by atoms with Crippen LogP contribution >= 0.6 is 12.2 Å². The Morgan fingerprint density at radius 3 is 2.83 bits per heavy atom. The number of carbonyl (C=O) groups excluding carboxylic acids is 1. The Morgan fingerprint density at radius 1 is 1.43 bits per heavy atom. The highest BCUT2D eigenvalue weighted by atomic mass is 32.1. The third-order valence-corrected chi connectivity index (χ3v) is 3.20. The Morgan fingerprint density at radius 2 is 2.17 bits per heavy atom. The predicted octanol–water partition coefficient (Wildman–Crippen LogP) is 2.14. The van der Waals surface area contributed by atoms with E-state index in [0.717, 1.165) is 23.7 Å². The Kier molecular flexibility index (Phi) is 5.93. The average molecular weight is 332 g/mol. The van der Waals surface area contributed by atoms with Gasteiger partial charge in [-0.15, -0.1) is 0 Å². The predicted molar refractivity (Wildman–Crippen MR) is 88.3 cm³/mol. The number of aromatic nitrogens is 3. The van der Waals surface area contributed by atoms with Crippen LogP contribution in [0.1, 0.15) is 35.7 Å². The van der Waals surface area contributed by atoms with E-state index in [1.807, 2.05) is 6.92 Å². The summed E-state index contributed by atoms with van der Waals surface area (Å²) in [6.07, 6.45) is 4.37. The van der Waals surface area contributed by atoms with E-state index in [1.165, 1.54) is 6.21 Å². The van der Waals surface area contributed by atoms with Gasteiger partial charge in [0.1, 0.15) is 6.20 Å². The molecule has 1 aromatic heterocycles. The number of ether oxygens (including phenoxy) is 1. The molecule has 0 unspecified atom stereocenters. The van der Waals surface area contributed by atoms with E-state index in [0.29, 0.717) is 17.7 Å². The van der Waals surface area contributed by atoms with Crippen molar-refractivity contribution in [3.63, 3.8) is 0 Å². The summed E-state index contributed by atoms with van der Waals surface area (Å²) in [5.41, 5.74) is 0.756. The van der Waals surface area contributed by atoms with E-state index in [-0.39, 0.29) is 10.7 Å². The van der Waals surface area contributed by atoms with Crippen LogP contribution in [0, 0.1) is 4.77 Å². The number of rotatable bonds is 6. The van der Waals surface area contributed by atoms with Gasteiger partial charge in [-0.05, 0) is 36.3 Å². The summed E-state index contributed by atoms with van der Waals surface area (Å²) >= 11 is 4.93. The van der Waals surface area contributed by atoms with Crippen LogP contribution in [0.3, 0.4) is 0 Å². The number of hydrogen-bond acceptors (Lipinski definition) is 6. The Balaban J connectivity index is 2.08. The van der Waals surface area contributed by atoms with E-state index in [9.17, 15) is 9.59 Å². The maximum absolute atomic E-state index is 11.8. The number of carbonyl (C=O) groups is 1. The van der Waals surface area contributed by atoms with Crippen molar-refractivity contribution in [3.8, 4) is 0 Å². The second-order valence-corrected chi connectivity index (χ2v) is 5.07. The van der Waals surface area contributed by atoms with Gasteiger partial charge in [-0.3, -0.25) is 9.89 Å². The highest BCUT2D eigenvalue weighted by Gasteiger charge is 2.06. The lowest BCUT2D eigenvalue weighted by atomic mass is 10.1. The van der Waals surface area contributed by atoms with Crippen molar-refractivity contribution in [1.82, 2.24) is 14.9 Å². The van der Waals surface area contributed by atoms with Crippen LogP contribution in [0.4, 0.5) is 0 Å². The maximum atomic E-state index is 11.8. The van der Waals surface area contributed by atoms with E-state index in [4.69, 9.17) is 17.0 Å². The molecular formula is C15H16N4O3S. The Hall–Kier alpha value is -2.61. The standard InChI is InChI=1S/C15H16N4O3S/c1-2-3-8-22-14(21)12-6-4-11(5-7-12)9-17-19-13(20)10-16-18-15(19)23/h4-7,9-10H,2-3,8H2,1H3,(H,18,23). The Bertz CT molecular complexity index is 780. The summed E-state index contributed by atoms with van der Waals surface area (Å²) in [5, 5.41) is 10.0. The molecule has 0 aliphatic rings. The molecule has 0 spiro atoms. The largest absolute Gasteiger partial charge is 0.462 e. The second-order valence-electron chi connectivity index (χ2n) is 4.68. The lowest BCUT2D eigenvalue weighted by Gasteiger charge is -2.03. The molecule has 0 fully saturated rings. The van der Waals surface area contributed by atoms with Gasteiger partial charge in [0.2, 0.25) is 4.77 Å². The third kappa shape index (κ3) is 4.68. The van der Waals surface area contributed by atoms with Crippen molar-refractivity contribution < 1.29 is 9.53 Å². The summed E-state index contributed by atoms with van der Waals surface area (Å²) in [4.78, 5) is 23.3. The fourth-order valence-corrected chi connectivity index (χ4v) is 1.87. The Labute approximate surface area is 137 Å². The first-order valence-corrected chi connectivity index (χ1v) is 7.51. The number of hydrogen-bond donors (Lipinski definition) is 1. The van der Waals surface area contributed by atoms with Gasteiger partial charge in [0.25, 0.3) is 5.56 Å². The zero-order valence-corrected chi connectivity index (χ0v) is 13.4. The number of unbranched alkanes of at least 4 members (excludes halogenated alkanes) is 1. The first-order valence-electron chi connectivity index (χ1n) is 7.10. The summed E-state index contributed by atoms with van der Waals surface area (Å²) in [6.45, 7) is 2.45. The normalized spacial score (nSPS) is 10.8. The van der Waals surface area contributed by atoms with E-state index in [1.54, 1.807) is 24.3 Å². The van der Waals surface area contributed by atoms with Crippen molar-refractivity contribution >= 4 is 24.4 Å². The van der Waals surface area contributed by atoms with Crippen LogP contribution in [-0.4, -0.2) is 33.7 Å². The number of aromatic amines is 1. The van der Waals surface area contributed by atoms with Crippen molar-refractivity contribution in [2.24, 2.45) is 5.10 Å². The zero-order chi connectivity index (χ0) is 16.7. The quantitative estimate of drug-likeness (QED) is 0.379. The smallest absolute Gasteiger partial charge is 0.338 e. The summed E-state index contributed by atoms with van der Waals surface area (Å²) < 4.78 is 6.25. The first kappa shape index (κ1) is 16.8. The van der Waals surface area contributed by atoms with Gasteiger partial charge < -0.3 is 4.74 Å². The number of benzene rings is 1. The molecule has 0 aliphatic carbocycles. The summed E-state index contributed by atoms with van der Waals surface area (Å²) in [6, 6.07) is 6.70. The number of esters is 1. The summed E-state index contributed by atoms with van der Waals surface area (Å²) in [7, 11) is 0. The average Bonchev–Trinajstić information content (AvgIpc) is 2.55. The summed E-state index contributed by atoms with van der Waals surface area (Å²) in [5.74, 6) is -0.352. The van der Waals surface area contributed by atoms with Gasteiger partial charge in [0.15, 0.2) is 0 Å². The molecule has 0 saturated heterocycles. The molecule has 1 heterocycles. The molecular weight excluding hydrogens is 316 g/mol. The van der Waals surface area contributed by atoms with Gasteiger partial charge in [0, 0.05) is 0 Å². The molecule has 0 radical (unpaired) electrons. The molecule has 120 valence electrons. The topological polar surface area (TPSA) is 89.3 Å². The van der Waals surface area contributed by atoms with Gasteiger partial charge in [-0.2, -0.15) is 14.9 Å². The number of nitrogens with zero attached hydrogens (tertiary/aromatic N) is 3. The molecule has 0 saturated carbocycles. The molecule has 7 nitrogen and oxygen atoms in total. The van der Waals surface area contributed by atoms with Gasteiger partial charge in [0.05, 0.1) is 18.4 Å². The molecule has 0 aliphatic heterocycles. The molecule has 2 rings (SSSR count). The lowest BCUT2D eigenvalue weighted by Crippen LogP contribution is -2.18. The molecule has 0 bridgehead atoms. The van der Waals surface area contributed by atoms with Crippen molar-refractivity contribution in [1.29, 1.82) is 0 Å². The van der Waals surface area contributed by atoms with Crippen LogP contribution in [0.5, 0.6) is 0 Å². The highest BCUT2D eigenvalue weighted by molar-refractivity contribution is 7.71. The van der Waals surface area contributed by atoms with Crippen molar-refractivity contribution in [3.05, 3.63) is 56.7 Å². The molecule has 0 amide bonds. The third-order valence-electron chi connectivity index (χ3n) is 2.94. The number of nitrogens with one attached hydrogen (secondary N) is 1. The highest BCUT2D eigenvalue weighted by Crippen LogP contribution is 2.05. The minimum absolute atomic E-state index is 0.102. The van der Waals surface area contributed by atoms with E-state index >= 15 is 0 Å². The molecule has 0 atom stereocenters. The van der Waals surface area contributed by atoms with E-state index < -0.39 is 5.56 Å². The van der Waals surface area contributed by atoms with Crippen molar-refractivity contribution in [2.75, 3.05) is 6.61 Å². The van der Waals surface area contributed by atoms with Crippen LogP contribution in [-0.2, 0) is 4.74 Å². The minimum atomic E-state index is -0.430. The maximum Gasteiger partial charge on any atom is 0.338 e. The van der Waals surface area contributed by atoms with Crippen LogP contribution in [0.25, 0.3) is 0 Å². The van der Waals surface area contributed by atoms with Crippen LogP contribution < -0.4 is 5.56 Å². The molecule has 1 N–H and O–H groups in total. The number of H-pyrrole nitrogens is 1. The fraction of sp³-hybridized carbons (Fsp3) is 0.267. The molecule has 23 heavy (non-hydrogen) atoms. The lowest BCUT2D eigenvalue weighted by molar-refractivity contribution is 0.0500. The molecule has 1 aromatic carbocycles. The fourth-order valence-electron chi connectivity index (χ4n) is 1.68. The second kappa shape index (κ2) is 8.14. The monoisotopic (exact) mass is 332 g/mol. The molecule has 8 heteroatoms. The van der Waals surface area contributed by atoms with Gasteiger partial charge in [-0.1, -0.05) is 25.5 Å². The van der Waals surface area contributed by atoms with Crippen LogP contribution in [0.2, 0.25) is 0 Å². The molecule has 2 aromatic rings. The van der Waals surface area contributed by atoms with Crippen molar-refractivity contribution in [2.45, 2.75) is 19.8 Å². The zero-order valence-electron chi connectivity index (χ0n) is 12.6. The van der Waals surface area contributed by atoms with Gasteiger partial charge in [-0.25, -0.2) is 4.79 Å². The minimum Gasteiger partial charge on any atom is -0.462 e. The SMILES string of the molecule is CCCCOC(=O)c1ccc(C=Nn2c(=O)cn[nH]c2=S)cc1. The van der Waals surface area contributed by atoms with E-state index in [2.05, 4.69) is 15.3 Å². The van der Waals surface area contributed by atoms with Gasteiger partial charge >= 0.3 is 5.97 Å².